The van der Waals surface area contributed by atoms with Crippen molar-refractivity contribution in [1.29, 1.82) is 0 Å². The van der Waals surface area contributed by atoms with E-state index in [2.05, 4.69) is 38.0 Å². The van der Waals surface area contributed by atoms with Gasteiger partial charge in [0, 0.05) is 61.3 Å². The Morgan fingerprint density at radius 2 is 1.76 bits per heavy atom. The van der Waals surface area contributed by atoms with Crippen LogP contribution in [0.3, 0.4) is 0 Å². The molecule has 2 N–H and O–H groups in total. The fourth-order valence-corrected chi connectivity index (χ4v) is 6.04. The molecule has 0 amide bonds. The smallest absolute Gasteiger partial charge is 0.128 e. The fourth-order valence-electron chi connectivity index (χ4n) is 5.37. The largest absolute Gasteiger partial charge is 0.486 e. The summed E-state index contributed by atoms with van der Waals surface area (Å²) in [7, 11) is 0. The van der Waals surface area contributed by atoms with E-state index in [0.29, 0.717) is 21.4 Å². The number of ether oxygens (including phenoxy) is 1. The van der Waals surface area contributed by atoms with Gasteiger partial charge in [-0.15, -0.1) is 0 Å². The monoisotopic (exact) mass is 538 g/mol. The lowest BCUT2D eigenvalue weighted by atomic mass is 9.82. The standard InChI is InChI=1S/C27H28Cl2N6O2/c1-16(24-20(28)10-30-11-21(24)29)37-18-5-6-22-19(8-18)25(33-32-22)17-4-7-23(31-9-17)34-12-26(2,13-34)35-14-27(3,36)15-35/h4-11,16,36H,12-15H2,1-3H3,(H,32,33)/t16-/m1/s1. The first kappa shape index (κ1) is 24.4. The number of hydrogen-bond donors (Lipinski definition) is 2. The average molecular weight is 539 g/mol. The van der Waals surface area contributed by atoms with E-state index in [-0.39, 0.29) is 11.6 Å². The van der Waals surface area contributed by atoms with Gasteiger partial charge in [0.25, 0.3) is 0 Å². The first-order valence-corrected chi connectivity index (χ1v) is 13.0. The molecule has 37 heavy (non-hydrogen) atoms. The number of likely N-dealkylation sites (tertiary alicyclic amines) is 1. The summed E-state index contributed by atoms with van der Waals surface area (Å²) < 4.78 is 6.19. The second kappa shape index (κ2) is 8.84. The number of aromatic amines is 1. The minimum absolute atomic E-state index is 0.0826. The molecule has 4 aromatic rings. The number of β-amino-alcohol motifs (C(OH)–C–C–N with tert-alkyl or cyclic N) is 1. The maximum atomic E-state index is 10.1. The molecule has 2 fully saturated rings. The van der Waals surface area contributed by atoms with Crippen LogP contribution in [0.15, 0.2) is 48.9 Å². The SMILES string of the molecule is C[C@@H](Oc1ccc2[nH]nc(-c3ccc(N4CC(C)(N5CC(C)(O)C5)C4)nc3)c2c1)c1c(Cl)cncc1Cl. The molecular weight excluding hydrogens is 511 g/mol. The van der Waals surface area contributed by atoms with Gasteiger partial charge >= 0.3 is 0 Å². The van der Waals surface area contributed by atoms with Crippen LogP contribution < -0.4 is 9.64 Å². The highest BCUT2D eigenvalue weighted by Crippen LogP contribution is 2.38. The van der Waals surface area contributed by atoms with Crippen LogP contribution in [-0.4, -0.2) is 67.5 Å². The molecule has 1 aromatic carbocycles. The van der Waals surface area contributed by atoms with Crippen molar-refractivity contribution in [3.05, 3.63) is 64.5 Å². The molecule has 0 bridgehead atoms. The van der Waals surface area contributed by atoms with Crippen LogP contribution in [-0.2, 0) is 0 Å². The van der Waals surface area contributed by atoms with Gasteiger partial charge in [0.2, 0.25) is 0 Å². The number of anilines is 1. The molecule has 2 aliphatic heterocycles. The zero-order valence-electron chi connectivity index (χ0n) is 20.9. The lowest BCUT2D eigenvalue weighted by Crippen LogP contribution is -2.77. The third kappa shape index (κ3) is 4.42. The van der Waals surface area contributed by atoms with Gasteiger partial charge in [-0.25, -0.2) is 4.98 Å². The average Bonchev–Trinajstić information content (AvgIpc) is 3.24. The van der Waals surface area contributed by atoms with Crippen molar-refractivity contribution in [1.82, 2.24) is 25.1 Å². The molecule has 192 valence electrons. The lowest BCUT2D eigenvalue weighted by Gasteiger charge is -2.61. The van der Waals surface area contributed by atoms with Crippen molar-refractivity contribution in [3.63, 3.8) is 0 Å². The Labute approximate surface area is 225 Å². The summed E-state index contributed by atoms with van der Waals surface area (Å²) >= 11 is 12.6. The van der Waals surface area contributed by atoms with Crippen LogP contribution in [0.25, 0.3) is 22.2 Å². The summed E-state index contributed by atoms with van der Waals surface area (Å²) in [6.07, 6.45) is 4.63. The summed E-state index contributed by atoms with van der Waals surface area (Å²) in [5.41, 5.74) is 2.86. The van der Waals surface area contributed by atoms with Crippen LogP contribution in [0.2, 0.25) is 10.0 Å². The summed E-state index contributed by atoms with van der Waals surface area (Å²) in [6.45, 7) is 9.29. The number of hydrogen-bond acceptors (Lipinski definition) is 7. The minimum atomic E-state index is -0.558. The maximum Gasteiger partial charge on any atom is 0.128 e. The van der Waals surface area contributed by atoms with Crippen molar-refractivity contribution >= 4 is 39.9 Å². The van der Waals surface area contributed by atoms with Gasteiger partial charge in [-0.2, -0.15) is 5.10 Å². The van der Waals surface area contributed by atoms with Crippen molar-refractivity contribution < 1.29 is 9.84 Å². The van der Waals surface area contributed by atoms with Gasteiger partial charge in [0.05, 0.1) is 26.7 Å². The minimum Gasteiger partial charge on any atom is -0.486 e. The van der Waals surface area contributed by atoms with Gasteiger partial charge in [-0.1, -0.05) is 23.2 Å². The fraction of sp³-hybridized carbons (Fsp3) is 0.370. The van der Waals surface area contributed by atoms with Crippen LogP contribution in [0.5, 0.6) is 5.75 Å². The number of aromatic nitrogens is 4. The van der Waals surface area contributed by atoms with E-state index in [0.717, 1.165) is 54.2 Å². The third-order valence-electron chi connectivity index (χ3n) is 7.38. The predicted octanol–water partition coefficient (Wildman–Crippen LogP) is 5.11. The molecule has 0 radical (unpaired) electrons. The Morgan fingerprint density at radius 1 is 1.03 bits per heavy atom. The summed E-state index contributed by atoms with van der Waals surface area (Å²) in [4.78, 5) is 13.4. The van der Waals surface area contributed by atoms with Crippen LogP contribution in [0, 0.1) is 0 Å². The number of nitrogens with one attached hydrogen (secondary N) is 1. The second-order valence-electron chi connectivity index (χ2n) is 10.7. The van der Waals surface area contributed by atoms with Crippen LogP contribution in [0.1, 0.15) is 32.4 Å². The molecule has 10 heteroatoms. The predicted molar refractivity (Wildman–Crippen MR) is 145 cm³/mol. The van der Waals surface area contributed by atoms with Crippen LogP contribution in [0.4, 0.5) is 5.82 Å². The number of rotatable bonds is 6. The number of halogens is 2. The van der Waals surface area contributed by atoms with Gasteiger partial charge in [0.15, 0.2) is 0 Å². The lowest BCUT2D eigenvalue weighted by molar-refractivity contribution is -0.134. The highest BCUT2D eigenvalue weighted by Gasteiger charge is 2.51. The van der Waals surface area contributed by atoms with Gasteiger partial charge < -0.3 is 14.7 Å². The van der Waals surface area contributed by atoms with Crippen molar-refractivity contribution in [2.45, 2.75) is 38.0 Å². The first-order chi connectivity index (χ1) is 17.6. The van der Waals surface area contributed by atoms with Gasteiger partial charge in [-0.3, -0.25) is 15.0 Å². The number of aliphatic hydroxyl groups is 1. The Morgan fingerprint density at radius 3 is 2.41 bits per heavy atom. The van der Waals surface area contributed by atoms with E-state index in [1.165, 1.54) is 0 Å². The Bertz CT molecular complexity index is 1440. The molecule has 1 atom stereocenters. The summed E-state index contributed by atoms with van der Waals surface area (Å²) in [6, 6.07) is 9.89. The second-order valence-corrected chi connectivity index (χ2v) is 11.5. The van der Waals surface area contributed by atoms with Crippen molar-refractivity contribution in [2.75, 3.05) is 31.1 Å². The topological polar surface area (TPSA) is 90.4 Å². The normalized spacial score (nSPS) is 19.4. The molecule has 5 heterocycles. The molecular formula is C27H28Cl2N6O2. The molecule has 3 aromatic heterocycles. The molecule has 6 rings (SSSR count). The Kier molecular flexibility index (Phi) is 5.84. The van der Waals surface area contributed by atoms with E-state index in [4.69, 9.17) is 32.9 Å². The van der Waals surface area contributed by atoms with E-state index in [9.17, 15) is 5.11 Å². The summed E-state index contributed by atoms with van der Waals surface area (Å²) in [5.74, 6) is 1.62. The number of H-pyrrole nitrogens is 1. The van der Waals surface area contributed by atoms with Crippen molar-refractivity contribution in [3.8, 4) is 17.0 Å². The number of pyridine rings is 2. The molecule has 0 saturated carbocycles. The Hall–Kier alpha value is -2.91. The van der Waals surface area contributed by atoms with E-state index in [1.807, 2.05) is 44.3 Å². The zero-order chi connectivity index (χ0) is 25.9. The first-order valence-electron chi connectivity index (χ1n) is 12.2. The van der Waals surface area contributed by atoms with E-state index < -0.39 is 5.60 Å². The van der Waals surface area contributed by atoms with E-state index >= 15 is 0 Å². The summed E-state index contributed by atoms with van der Waals surface area (Å²) in [5, 5.41) is 19.6. The maximum absolute atomic E-state index is 10.1. The highest BCUT2D eigenvalue weighted by molar-refractivity contribution is 6.35. The molecule has 0 unspecified atom stereocenters. The molecule has 0 aliphatic carbocycles. The number of benzene rings is 1. The quantitative estimate of drug-likeness (QED) is 0.352. The third-order valence-corrected chi connectivity index (χ3v) is 7.98. The molecule has 2 saturated heterocycles. The zero-order valence-corrected chi connectivity index (χ0v) is 22.4. The highest BCUT2D eigenvalue weighted by atomic mass is 35.5. The molecule has 2 aliphatic rings. The number of nitrogens with zero attached hydrogens (tertiary/aromatic N) is 5. The van der Waals surface area contributed by atoms with Gasteiger partial charge in [0.1, 0.15) is 23.4 Å². The number of fused-ring (bicyclic) bond motifs is 1. The molecule has 0 spiro atoms. The van der Waals surface area contributed by atoms with E-state index in [1.54, 1.807) is 12.4 Å². The molecule has 8 nitrogen and oxygen atoms in total. The Balaban J connectivity index is 1.18. The van der Waals surface area contributed by atoms with Gasteiger partial charge in [-0.05, 0) is 51.1 Å². The van der Waals surface area contributed by atoms with Crippen LogP contribution >= 0.6 is 23.2 Å². The van der Waals surface area contributed by atoms with Crippen molar-refractivity contribution in [2.24, 2.45) is 0 Å².